The minimum atomic E-state index is -4.81. The van der Waals surface area contributed by atoms with E-state index in [1.165, 1.54) is 44.3 Å². The second kappa shape index (κ2) is 11.3. The molecule has 3 aromatic rings. The third-order valence-corrected chi connectivity index (χ3v) is 6.64. The molecule has 2 aromatic heterocycles. The van der Waals surface area contributed by atoms with Crippen LogP contribution in [-0.4, -0.2) is 43.6 Å². The zero-order valence-electron chi connectivity index (χ0n) is 19.5. The van der Waals surface area contributed by atoms with Gasteiger partial charge in [-0.05, 0) is 43.7 Å². The molecule has 1 atom stereocenters. The van der Waals surface area contributed by atoms with Crippen molar-refractivity contribution in [2.45, 2.75) is 24.9 Å². The number of carbonyl (C=O) groups excluding carboxylic acids is 2. The standard InChI is InChI=1S/C23H19ClF4N4O4S/c1-12-16(23(26,27)28)11-29-22(36-17-7-8-18(25)30-13(17)2)20(12)21(34)31-14-5-4-6-15(9-14)37(35)32(3)19(33)10-24/h4-9,11H,10H2,1-3H3,(H,31,34). The molecule has 1 aromatic carbocycles. The number of nitrogens with one attached hydrogen (secondary N) is 1. The SMILES string of the molecule is Cc1nc(F)ccc1Oc1ncc(C(F)(F)F)c(C)c1C(=O)Nc1cccc([S+]([O-])N(C)C(=O)CCl)c1. The van der Waals surface area contributed by atoms with Gasteiger partial charge in [-0.25, -0.2) is 9.97 Å². The summed E-state index contributed by atoms with van der Waals surface area (Å²) in [6.07, 6.45) is -4.28. The average molecular weight is 559 g/mol. The van der Waals surface area contributed by atoms with E-state index in [2.05, 4.69) is 15.3 Å². The van der Waals surface area contributed by atoms with Gasteiger partial charge in [0, 0.05) is 18.0 Å². The maximum atomic E-state index is 13.6. The molecule has 0 radical (unpaired) electrons. The van der Waals surface area contributed by atoms with Gasteiger partial charge in [-0.2, -0.15) is 21.9 Å². The minimum absolute atomic E-state index is 0.0218. The summed E-state index contributed by atoms with van der Waals surface area (Å²) in [5.74, 6) is -3.29. The smallest absolute Gasteiger partial charge is 0.418 e. The predicted molar refractivity (Wildman–Crippen MR) is 127 cm³/mol. The molecule has 0 spiro atoms. The van der Waals surface area contributed by atoms with Gasteiger partial charge in [0.1, 0.15) is 22.8 Å². The zero-order chi connectivity index (χ0) is 27.5. The lowest BCUT2D eigenvalue weighted by molar-refractivity contribution is -0.138. The molecule has 2 amide bonds. The predicted octanol–water partition coefficient (Wildman–Crippen LogP) is 5.02. The summed E-state index contributed by atoms with van der Waals surface area (Å²) >= 11 is 3.53. The van der Waals surface area contributed by atoms with E-state index >= 15 is 0 Å². The maximum Gasteiger partial charge on any atom is 0.418 e. The summed E-state index contributed by atoms with van der Waals surface area (Å²) in [6.45, 7) is 2.49. The number of nitrogens with zero attached hydrogens (tertiary/aromatic N) is 3. The van der Waals surface area contributed by atoms with Gasteiger partial charge in [-0.3, -0.25) is 9.59 Å². The van der Waals surface area contributed by atoms with Crippen LogP contribution in [0.2, 0.25) is 0 Å². The van der Waals surface area contributed by atoms with E-state index in [0.717, 1.165) is 17.3 Å². The first kappa shape index (κ1) is 28.2. The summed E-state index contributed by atoms with van der Waals surface area (Å²) in [7, 11) is 1.28. The molecule has 0 aliphatic rings. The Balaban J connectivity index is 2.00. The van der Waals surface area contributed by atoms with Crippen molar-refractivity contribution >= 4 is 40.5 Å². The van der Waals surface area contributed by atoms with Crippen LogP contribution in [0.4, 0.5) is 23.2 Å². The van der Waals surface area contributed by atoms with Gasteiger partial charge in [-0.1, -0.05) is 6.07 Å². The van der Waals surface area contributed by atoms with Crippen LogP contribution in [-0.2, 0) is 22.3 Å². The molecular weight excluding hydrogens is 540 g/mol. The first-order valence-electron chi connectivity index (χ1n) is 10.4. The van der Waals surface area contributed by atoms with Crippen LogP contribution in [0.3, 0.4) is 0 Å². The van der Waals surface area contributed by atoms with E-state index in [4.69, 9.17) is 16.3 Å². The van der Waals surface area contributed by atoms with Crippen molar-refractivity contribution in [3.05, 3.63) is 70.9 Å². The third-order valence-electron chi connectivity index (χ3n) is 5.05. The Hall–Kier alpha value is -3.42. The number of carbonyl (C=O) groups is 2. The number of hydrogen-bond acceptors (Lipinski definition) is 6. The third kappa shape index (κ3) is 6.48. The molecule has 196 valence electrons. The lowest BCUT2D eigenvalue weighted by Gasteiger charge is -2.19. The minimum Gasteiger partial charge on any atom is -0.588 e. The number of halogens is 5. The van der Waals surface area contributed by atoms with Gasteiger partial charge in [-0.15, -0.1) is 11.6 Å². The van der Waals surface area contributed by atoms with E-state index in [1.807, 2.05) is 0 Å². The van der Waals surface area contributed by atoms with Crippen LogP contribution in [0.1, 0.15) is 27.2 Å². The Kier molecular flexibility index (Phi) is 8.61. The van der Waals surface area contributed by atoms with Gasteiger partial charge in [0.15, 0.2) is 10.6 Å². The molecule has 0 saturated heterocycles. The number of aryl methyl sites for hydroxylation is 1. The second-order valence-corrected chi connectivity index (χ2v) is 9.34. The molecule has 14 heteroatoms. The van der Waals surface area contributed by atoms with Crippen LogP contribution < -0.4 is 10.1 Å². The number of pyridine rings is 2. The van der Waals surface area contributed by atoms with Crippen molar-refractivity contribution in [1.29, 1.82) is 0 Å². The number of alkyl halides is 4. The largest absolute Gasteiger partial charge is 0.588 e. The number of anilines is 1. The zero-order valence-corrected chi connectivity index (χ0v) is 21.1. The van der Waals surface area contributed by atoms with Crippen LogP contribution >= 0.6 is 11.6 Å². The van der Waals surface area contributed by atoms with Gasteiger partial charge in [0.05, 0.1) is 18.3 Å². The summed E-state index contributed by atoms with van der Waals surface area (Å²) < 4.78 is 73.1. The van der Waals surface area contributed by atoms with E-state index in [1.54, 1.807) is 0 Å². The summed E-state index contributed by atoms with van der Waals surface area (Å²) in [4.78, 5) is 32.4. The van der Waals surface area contributed by atoms with Crippen molar-refractivity contribution in [2.24, 2.45) is 0 Å². The fraction of sp³-hybridized carbons (Fsp3) is 0.217. The average Bonchev–Trinajstić information content (AvgIpc) is 2.83. The number of rotatable bonds is 7. The van der Waals surface area contributed by atoms with Gasteiger partial charge < -0.3 is 14.6 Å². The quantitative estimate of drug-likeness (QED) is 0.189. The molecule has 0 aliphatic heterocycles. The van der Waals surface area contributed by atoms with Crippen molar-refractivity contribution < 1.29 is 36.4 Å². The first-order valence-corrected chi connectivity index (χ1v) is 12.0. The number of aromatic nitrogens is 2. The summed E-state index contributed by atoms with van der Waals surface area (Å²) in [5, 5.41) is 2.44. The monoisotopic (exact) mass is 558 g/mol. The van der Waals surface area contributed by atoms with Crippen molar-refractivity contribution in [2.75, 3.05) is 18.2 Å². The molecule has 3 rings (SSSR count). The van der Waals surface area contributed by atoms with E-state index in [9.17, 15) is 31.7 Å². The van der Waals surface area contributed by atoms with Gasteiger partial charge in [0.2, 0.25) is 11.8 Å². The van der Waals surface area contributed by atoms with Gasteiger partial charge >= 0.3 is 6.18 Å². The van der Waals surface area contributed by atoms with E-state index < -0.39 is 63.8 Å². The molecular formula is C23H19ClF4N4O4S. The second-order valence-electron chi connectivity index (χ2n) is 7.55. The molecule has 2 heterocycles. The molecule has 0 fully saturated rings. The lowest BCUT2D eigenvalue weighted by Crippen LogP contribution is -2.34. The fourth-order valence-corrected chi connectivity index (χ4v) is 4.39. The van der Waals surface area contributed by atoms with E-state index in [0.29, 0.717) is 6.20 Å². The molecule has 1 unspecified atom stereocenters. The number of ether oxygens (including phenoxy) is 1. The Morgan fingerprint density at radius 2 is 1.92 bits per heavy atom. The van der Waals surface area contributed by atoms with Gasteiger partial charge in [0.25, 0.3) is 11.8 Å². The van der Waals surface area contributed by atoms with Crippen LogP contribution in [0.25, 0.3) is 0 Å². The Bertz CT molecular complexity index is 1340. The molecule has 8 nitrogen and oxygen atoms in total. The molecule has 1 N–H and O–H groups in total. The van der Waals surface area contributed by atoms with Crippen molar-refractivity contribution in [1.82, 2.24) is 14.3 Å². The lowest BCUT2D eigenvalue weighted by atomic mass is 10.0. The fourth-order valence-electron chi connectivity index (χ4n) is 3.15. The van der Waals surface area contributed by atoms with Crippen LogP contribution in [0, 0.1) is 19.8 Å². The number of hydrogen-bond donors (Lipinski definition) is 1. The Morgan fingerprint density at radius 3 is 2.54 bits per heavy atom. The highest BCUT2D eigenvalue weighted by atomic mass is 35.5. The Morgan fingerprint density at radius 1 is 1.22 bits per heavy atom. The van der Waals surface area contributed by atoms with Crippen LogP contribution in [0.5, 0.6) is 11.6 Å². The van der Waals surface area contributed by atoms with Crippen molar-refractivity contribution in [3.8, 4) is 11.6 Å². The maximum absolute atomic E-state index is 13.6. The molecule has 0 bridgehead atoms. The molecule has 0 aliphatic carbocycles. The number of benzene rings is 1. The number of amides is 2. The summed E-state index contributed by atoms with van der Waals surface area (Å²) in [5.41, 5.74) is -1.99. The van der Waals surface area contributed by atoms with E-state index in [-0.39, 0.29) is 22.0 Å². The highest BCUT2D eigenvalue weighted by Gasteiger charge is 2.36. The Labute approximate surface area is 216 Å². The van der Waals surface area contributed by atoms with Crippen LogP contribution in [0.15, 0.2) is 47.5 Å². The summed E-state index contributed by atoms with van der Waals surface area (Å²) in [6, 6.07) is 7.75. The highest BCUT2D eigenvalue weighted by molar-refractivity contribution is 7.89. The highest BCUT2D eigenvalue weighted by Crippen LogP contribution is 2.37. The topological polar surface area (TPSA) is 107 Å². The first-order chi connectivity index (χ1) is 17.3. The normalized spacial score (nSPS) is 12.1. The molecule has 37 heavy (non-hydrogen) atoms. The van der Waals surface area contributed by atoms with Crippen molar-refractivity contribution in [3.63, 3.8) is 0 Å². The molecule has 0 saturated carbocycles.